The minimum atomic E-state index is -0.0822. The van der Waals surface area contributed by atoms with Crippen LogP contribution < -0.4 is 4.74 Å². The van der Waals surface area contributed by atoms with Crippen LogP contribution in [0, 0.1) is 6.92 Å². The highest BCUT2D eigenvalue weighted by Gasteiger charge is 2.41. The fraction of sp³-hybridized carbons (Fsp3) is 0.136. The summed E-state index contributed by atoms with van der Waals surface area (Å²) in [5.74, 6) is 0.989. The molecule has 1 spiro atoms. The van der Waals surface area contributed by atoms with Crippen LogP contribution in [0.2, 0.25) is 0 Å². The Balaban J connectivity index is 1.08. The Morgan fingerprint density at radius 3 is 2.00 bits per heavy atom. The summed E-state index contributed by atoms with van der Waals surface area (Å²) in [6.45, 7) is 2.88. The van der Waals surface area contributed by atoms with Gasteiger partial charge in [-0.25, -0.2) is 0 Å². The lowest BCUT2D eigenvalue weighted by Gasteiger charge is -2.27. The van der Waals surface area contributed by atoms with E-state index in [1.54, 1.807) is 0 Å². The van der Waals surface area contributed by atoms with E-state index in [4.69, 9.17) is 18.0 Å². The molecule has 0 saturated carbocycles. The molecule has 9 aromatic rings. The number of hydrogen-bond donors (Lipinski definition) is 0. The standard InChI is InChI=1S/C44H30O4/c1-25-9-10-26(27-11-13-35-32(22-27)42-38(48-35)17-18-39-43(42)44(24-45-39)19-5-2-6-20-44)21-30(25)28-12-14-34-31(23-28)41-37(47-34)16-15-36-40(41)29-7-3-4-8-33(29)46-36/h3-5,7-19,21-23H,2,6,20,24H2,1H3. The van der Waals surface area contributed by atoms with Gasteiger partial charge in [-0.1, -0.05) is 54.6 Å². The Morgan fingerprint density at radius 1 is 0.562 bits per heavy atom. The molecule has 48 heavy (non-hydrogen) atoms. The first-order chi connectivity index (χ1) is 23.6. The summed E-state index contributed by atoms with van der Waals surface area (Å²) in [5, 5.41) is 6.74. The minimum absolute atomic E-state index is 0.0822. The molecule has 0 radical (unpaired) electrons. The molecular formula is C44H30O4. The molecule has 1 unspecified atom stereocenters. The number of furan rings is 3. The van der Waals surface area contributed by atoms with Crippen molar-refractivity contribution in [2.24, 2.45) is 0 Å². The lowest BCUT2D eigenvalue weighted by atomic mass is 9.73. The third-order valence-corrected chi connectivity index (χ3v) is 10.9. The molecule has 4 nitrogen and oxygen atoms in total. The summed E-state index contributed by atoms with van der Waals surface area (Å²) >= 11 is 0. The first kappa shape index (κ1) is 26.3. The average Bonchev–Trinajstić information content (AvgIpc) is 3.88. The van der Waals surface area contributed by atoms with Crippen LogP contribution in [0.1, 0.15) is 30.4 Å². The molecule has 6 aromatic carbocycles. The summed E-state index contributed by atoms with van der Waals surface area (Å²) in [7, 11) is 0. The van der Waals surface area contributed by atoms with Crippen LogP contribution >= 0.6 is 0 Å². The van der Waals surface area contributed by atoms with Gasteiger partial charge in [0.15, 0.2) is 0 Å². The smallest absolute Gasteiger partial charge is 0.136 e. The van der Waals surface area contributed by atoms with E-state index >= 15 is 0 Å². The molecule has 0 saturated heterocycles. The number of para-hydroxylation sites is 1. The first-order valence-corrected chi connectivity index (χ1v) is 16.8. The van der Waals surface area contributed by atoms with Crippen molar-refractivity contribution in [3.05, 3.63) is 126 Å². The highest BCUT2D eigenvalue weighted by molar-refractivity contribution is 6.26. The van der Waals surface area contributed by atoms with Crippen LogP contribution in [0.15, 0.2) is 129 Å². The van der Waals surface area contributed by atoms with Gasteiger partial charge < -0.3 is 18.0 Å². The second kappa shape index (κ2) is 9.42. The van der Waals surface area contributed by atoms with Gasteiger partial charge in [-0.05, 0) is 115 Å². The van der Waals surface area contributed by atoms with E-state index in [0.29, 0.717) is 6.61 Å². The zero-order valence-electron chi connectivity index (χ0n) is 26.4. The maximum absolute atomic E-state index is 6.44. The number of benzene rings is 6. The van der Waals surface area contributed by atoms with Crippen molar-refractivity contribution in [3.8, 4) is 28.0 Å². The van der Waals surface area contributed by atoms with Gasteiger partial charge in [0.05, 0.1) is 5.41 Å². The maximum atomic E-state index is 6.44. The molecule has 0 bridgehead atoms. The molecule has 11 rings (SSSR count). The normalized spacial score (nSPS) is 17.5. The molecule has 4 heterocycles. The lowest BCUT2D eigenvalue weighted by molar-refractivity contribution is 0.281. The third-order valence-electron chi connectivity index (χ3n) is 10.9. The van der Waals surface area contributed by atoms with Gasteiger partial charge in [-0.15, -0.1) is 0 Å². The van der Waals surface area contributed by atoms with E-state index in [-0.39, 0.29) is 5.41 Å². The summed E-state index contributed by atoms with van der Waals surface area (Å²) in [6.07, 6.45) is 8.12. The van der Waals surface area contributed by atoms with Crippen molar-refractivity contribution < 1.29 is 18.0 Å². The number of allylic oxidation sites excluding steroid dienone is 1. The number of hydrogen-bond acceptors (Lipinski definition) is 4. The predicted octanol–water partition coefficient (Wildman–Crippen LogP) is 12.4. The lowest BCUT2D eigenvalue weighted by Crippen LogP contribution is -2.27. The Kier molecular flexibility index (Phi) is 5.17. The molecule has 1 aliphatic carbocycles. The zero-order chi connectivity index (χ0) is 31.6. The van der Waals surface area contributed by atoms with Crippen molar-refractivity contribution in [3.63, 3.8) is 0 Å². The van der Waals surface area contributed by atoms with E-state index in [1.807, 2.05) is 24.3 Å². The Morgan fingerprint density at radius 2 is 1.19 bits per heavy atom. The van der Waals surface area contributed by atoms with Gasteiger partial charge in [0.2, 0.25) is 0 Å². The first-order valence-electron chi connectivity index (χ1n) is 16.8. The van der Waals surface area contributed by atoms with Crippen molar-refractivity contribution in [2.75, 3.05) is 6.61 Å². The minimum Gasteiger partial charge on any atom is -0.492 e. The van der Waals surface area contributed by atoms with E-state index in [0.717, 1.165) is 90.1 Å². The molecule has 0 amide bonds. The van der Waals surface area contributed by atoms with Crippen LogP contribution in [-0.4, -0.2) is 6.61 Å². The SMILES string of the molecule is Cc1ccc(-c2ccc3oc4ccc5c(c4c3c2)C2(C=CCCC2)CO5)cc1-c1ccc2oc3ccc4oc5ccccc5c4c3c2c1. The maximum Gasteiger partial charge on any atom is 0.136 e. The Labute approximate surface area is 275 Å². The monoisotopic (exact) mass is 622 g/mol. The van der Waals surface area contributed by atoms with Gasteiger partial charge in [-0.3, -0.25) is 0 Å². The number of rotatable bonds is 2. The predicted molar refractivity (Wildman–Crippen MR) is 194 cm³/mol. The summed E-state index contributed by atoms with van der Waals surface area (Å²) in [6, 6.07) is 36.4. The molecule has 1 atom stereocenters. The second-order valence-corrected chi connectivity index (χ2v) is 13.6. The topological polar surface area (TPSA) is 48.7 Å². The number of aryl methyl sites for hydroxylation is 1. The summed E-state index contributed by atoms with van der Waals surface area (Å²) in [4.78, 5) is 0. The Bertz CT molecular complexity index is 2840. The van der Waals surface area contributed by atoms with Gasteiger partial charge in [0.25, 0.3) is 0 Å². The van der Waals surface area contributed by atoms with Gasteiger partial charge >= 0.3 is 0 Å². The van der Waals surface area contributed by atoms with Crippen molar-refractivity contribution >= 4 is 65.8 Å². The van der Waals surface area contributed by atoms with E-state index in [9.17, 15) is 0 Å². The van der Waals surface area contributed by atoms with Crippen molar-refractivity contribution in [1.29, 1.82) is 0 Å². The third kappa shape index (κ3) is 3.55. The molecule has 0 N–H and O–H groups in total. The fourth-order valence-corrected chi connectivity index (χ4v) is 8.54. The second-order valence-electron chi connectivity index (χ2n) is 13.6. The molecule has 1 aliphatic heterocycles. The summed E-state index contributed by atoms with van der Waals surface area (Å²) in [5.41, 5.74) is 12.5. The van der Waals surface area contributed by atoms with Gasteiger partial charge in [0.1, 0.15) is 45.9 Å². The fourth-order valence-electron chi connectivity index (χ4n) is 8.54. The quantitative estimate of drug-likeness (QED) is 0.180. The van der Waals surface area contributed by atoms with E-state index in [1.165, 1.54) is 34.1 Å². The van der Waals surface area contributed by atoms with Gasteiger partial charge in [0, 0.05) is 37.9 Å². The van der Waals surface area contributed by atoms with Crippen LogP contribution in [0.4, 0.5) is 0 Å². The molecule has 4 heteroatoms. The zero-order valence-corrected chi connectivity index (χ0v) is 26.4. The number of ether oxygens (including phenoxy) is 1. The van der Waals surface area contributed by atoms with Crippen molar-refractivity contribution in [1.82, 2.24) is 0 Å². The number of fused-ring (bicyclic) bond motifs is 13. The van der Waals surface area contributed by atoms with E-state index in [2.05, 4.69) is 97.9 Å². The van der Waals surface area contributed by atoms with E-state index < -0.39 is 0 Å². The van der Waals surface area contributed by atoms with Crippen LogP contribution in [0.25, 0.3) is 88.1 Å². The molecule has 230 valence electrons. The van der Waals surface area contributed by atoms with Crippen molar-refractivity contribution in [2.45, 2.75) is 31.6 Å². The summed E-state index contributed by atoms with van der Waals surface area (Å²) < 4.78 is 25.3. The van der Waals surface area contributed by atoms with Gasteiger partial charge in [-0.2, -0.15) is 0 Å². The molecule has 2 aliphatic rings. The molecule has 0 fully saturated rings. The average molecular weight is 623 g/mol. The van der Waals surface area contributed by atoms with Crippen LogP contribution in [-0.2, 0) is 5.41 Å². The largest absolute Gasteiger partial charge is 0.492 e. The highest BCUT2D eigenvalue weighted by Crippen LogP contribution is 2.51. The van der Waals surface area contributed by atoms with Crippen LogP contribution in [0.3, 0.4) is 0 Å². The highest BCUT2D eigenvalue weighted by atomic mass is 16.5. The van der Waals surface area contributed by atoms with Crippen LogP contribution in [0.5, 0.6) is 5.75 Å². The molecular weight excluding hydrogens is 592 g/mol. The molecule has 3 aromatic heterocycles. The Hall–Kier alpha value is -5.74.